The molecular formula is C15H20N4O. The molecule has 1 saturated carbocycles. The first-order valence-electron chi connectivity index (χ1n) is 7.21. The van der Waals surface area contributed by atoms with Gasteiger partial charge in [-0.25, -0.2) is 0 Å². The van der Waals surface area contributed by atoms with E-state index in [4.69, 9.17) is 4.42 Å². The number of hydrogen-bond acceptors (Lipinski definition) is 5. The van der Waals surface area contributed by atoms with Crippen molar-refractivity contribution in [3.63, 3.8) is 0 Å². The maximum atomic E-state index is 5.57. The topological polar surface area (TPSA) is 63.0 Å². The lowest BCUT2D eigenvalue weighted by Crippen LogP contribution is -2.13. The molecule has 2 N–H and O–H groups in total. The molecular weight excluding hydrogens is 252 g/mol. The first-order chi connectivity index (χ1) is 9.86. The van der Waals surface area contributed by atoms with Crippen LogP contribution >= 0.6 is 0 Å². The predicted octanol–water partition coefficient (Wildman–Crippen LogP) is 2.54. The minimum Gasteiger partial charge on any atom is -0.407 e. The highest BCUT2D eigenvalue weighted by molar-refractivity contribution is 5.35. The van der Waals surface area contributed by atoms with Crippen molar-refractivity contribution in [3.05, 3.63) is 41.8 Å². The highest BCUT2D eigenvalue weighted by atomic mass is 16.4. The molecule has 0 spiro atoms. The zero-order valence-electron chi connectivity index (χ0n) is 11.7. The molecule has 2 unspecified atom stereocenters. The molecule has 1 aromatic carbocycles. The van der Waals surface area contributed by atoms with Gasteiger partial charge in [0.1, 0.15) is 0 Å². The number of benzene rings is 1. The first-order valence-corrected chi connectivity index (χ1v) is 7.21. The van der Waals surface area contributed by atoms with E-state index < -0.39 is 0 Å². The maximum absolute atomic E-state index is 5.57. The van der Waals surface area contributed by atoms with Crippen LogP contribution in [0.25, 0.3) is 0 Å². The van der Waals surface area contributed by atoms with Gasteiger partial charge in [-0.1, -0.05) is 42.4 Å². The van der Waals surface area contributed by atoms with Gasteiger partial charge in [-0.15, -0.1) is 5.10 Å². The Balaban J connectivity index is 1.50. The molecule has 1 aliphatic rings. The number of nitrogens with one attached hydrogen (secondary N) is 2. The van der Waals surface area contributed by atoms with E-state index in [0.29, 0.717) is 30.4 Å². The zero-order valence-corrected chi connectivity index (χ0v) is 11.7. The zero-order chi connectivity index (χ0) is 13.8. The average molecular weight is 272 g/mol. The molecule has 2 atom stereocenters. The molecule has 5 heteroatoms. The number of anilines is 1. The Hall–Kier alpha value is -1.88. The van der Waals surface area contributed by atoms with Crippen molar-refractivity contribution >= 4 is 6.01 Å². The molecule has 0 radical (unpaired) electrons. The second-order valence-electron chi connectivity index (χ2n) is 5.18. The molecule has 0 saturated heterocycles. The van der Waals surface area contributed by atoms with Crippen LogP contribution in [0.3, 0.4) is 0 Å². The third-order valence-corrected chi connectivity index (χ3v) is 3.50. The first kappa shape index (κ1) is 13.1. The quantitative estimate of drug-likeness (QED) is 0.758. The van der Waals surface area contributed by atoms with Crippen molar-refractivity contribution in [2.45, 2.75) is 38.3 Å². The standard InChI is InChI=1S/C15H20N4O/c1-2-8-16-10-14-18-19-15(20-14)17-13-9-12(13)11-6-4-3-5-7-11/h3-7,12-13,16H,2,8-10H2,1H3,(H,17,19). The minimum absolute atomic E-state index is 0.411. The molecule has 0 amide bonds. The normalized spacial score (nSPS) is 20.9. The fourth-order valence-corrected chi connectivity index (χ4v) is 2.34. The van der Waals surface area contributed by atoms with Gasteiger partial charge in [-0.3, -0.25) is 0 Å². The summed E-state index contributed by atoms with van der Waals surface area (Å²) < 4.78 is 5.57. The van der Waals surface area contributed by atoms with Crippen LogP contribution in [0.15, 0.2) is 34.7 Å². The second kappa shape index (κ2) is 6.05. The maximum Gasteiger partial charge on any atom is 0.315 e. The largest absolute Gasteiger partial charge is 0.407 e. The van der Waals surface area contributed by atoms with Crippen LogP contribution in [0.4, 0.5) is 6.01 Å². The Morgan fingerprint density at radius 1 is 1.25 bits per heavy atom. The summed E-state index contributed by atoms with van der Waals surface area (Å²) >= 11 is 0. The summed E-state index contributed by atoms with van der Waals surface area (Å²) in [6.45, 7) is 3.73. The van der Waals surface area contributed by atoms with Gasteiger partial charge in [0, 0.05) is 12.0 Å². The number of hydrogen-bond donors (Lipinski definition) is 2. The molecule has 3 rings (SSSR count). The highest BCUT2D eigenvalue weighted by Crippen LogP contribution is 2.42. The Morgan fingerprint density at radius 2 is 2.10 bits per heavy atom. The highest BCUT2D eigenvalue weighted by Gasteiger charge is 2.39. The predicted molar refractivity (Wildman–Crippen MR) is 77.5 cm³/mol. The lowest BCUT2D eigenvalue weighted by molar-refractivity contribution is 0.476. The van der Waals surface area contributed by atoms with Gasteiger partial charge in [0.2, 0.25) is 5.89 Å². The van der Waals surface area contributed by atoms with E-state index in [9.17, 15) is 0 Å². The summed E-state index contributed by atoms with van der Waals surface area (Å²) in [5, 5.41) is 14.6. The Kier molecular flexibility index (Phi) is 3.97. The van der Waals surface area contributed by atoms with Gasteiger partial charge < -0.3 is 15.1 Å². The van der Waals surface area contributed by atoms with Gasteiger partial charge >= 0.3 is 6.01 Å². The monoisotopic (exact) mass is 272 g/mol. The summed E-state index contributed by atoms with van der Waals surface area (Å²) in [5.74, 6) is 1.20. The van der Waals surface area contributed by atoms with Gasteiger partial charge in [-0.2, -0.15) is 0 Å². The SMILES string of the molecule is CCCNCc1nnc(NC2CC2c2ccccc2)o1. The van der Waals surface area contributed by atoms with Crippen LogP contribution in [0, 0.1) is 0 Å². The third kappa shape index (κ3) is 3.17. The summed E-state index contributed by atoms with van der Waals surface area (Å²) in [4.78, 5) is 0. The van der Waals surface area contributed by atoms with Crippen molar-refractivity contribution in [1.82, 2.24) is 15.5 Å². The van der Waals surface area contributed by atoms with E-state index in [0.717, 1.165) is 19.4 Å². The van der Waals surface area contributed by atoms with E-state index in [1.54, 1.807) is 0 Å². The van der Waals surface area contributed by atoms with Crippen LogP contribution in [-0.4, -0.2) is 22.8 Å². The molecule has 20 heavy (non-hydrogen) atoms. The molecule has 106 valence electrons. The van der Waals surface area contributed by atoms with E-state index in [1.165, 1.54) is 5.56 Å². The average Bonchev–Trinajstić information content (AvgIpc) is 3.10. The van der Waals surface area contributed by atoms with E-state index >= 15 is 0 Å². The summed E-state index contributed by atoms with van der Waals surface area (Å²) in [6, 6.07) is 11.5. The van der Waals surface area contributed by atoms with Gasteiger partial charge in [0.05, 0.1) is 6.54 Å². The lowest BCUT2D eigenvalue weighted by Gasteiger charge is -2.01. The lowest BCUT2D eigenvalue weighted by atomic mass is 10.1. The molecule has 0 aliphatic heterocycles. The van der Waals surface area contributed by atoms with E-state index in [-0.39, 0.29) is 0 Å². The second-order valence-corrected chi connectivity index (χ2v) is 5.18. The molecule has 1 heterocycles. The van der Waals surface area contributed by atoms with Crippen molar-refractivity contribution in [2.24, 2.45) is 0 Å². The van der Waals surface area contributed by atoms with Gasteiger partial charge in [-0.05, 0) is 24.9 Å². The molecule has 1 aliphatic carbocycles. The smallest absolute Gasteiger partial charge is 0.315 e. The van der Waals surface area contributed by atoms with Gasteiger partial charge in [0.25, 0.3) is 0 Å². The van der Waals surface area contributed by atoms with Crippen LogP contribution in [0.2, 0.25) is 0 Å². The molecule has 2 aromatic rings. The van der Waals surface area contributed by atoms with E-state index in [1.807, 2.05) is 6.07 Å². The van der Waals surface area contributed by atoms with Crippen LogP contribution < -0.4 is 10.6 Å². The molecule has 1 aromatic heterocycles. The fraction of sp³-hybridized carbons (Fsp3) is 0.467. The molecule has 1 fully saturated rings. The van der Waals surface area contributed by atoms with Crippen molar-refractivity contribution in [3.8, 4) is 0 Å². The van der Waals surface area contributed by atoms with Crippen molar-refractivity contribution in [1.29, 1.82) is 0 Å². The Morgan fingerprint density at radius 3 is 2.90 bits per heavy atom. The summed E-state index contributed by atoms with van der Waals surface area (Å²) in [7, 11) is 0. The Bertz CT molecular complexity index is 540. The molecule has 0 bridgehead atoms. The van der Waals surface area contributed by atoms with Crippen LogP contribution in [0.5, 0.6) is 0 Å². The summed E-state index contributed by atoms with van der Waals surface area (Å²) in [6.07, 6.45) is 2.22. The Labute approximate surface area is 118 Å². The fourth-order valence-electron chi connectivity index (χ4n) is 2.34. The van der Waals surface area contributed by atoms with E-state index in [2.05, 4.69) is 52.0 Å². The van der Waals surface area contributed by atoms with Gasteiger partial charge in [0.15, 0.2) is 0 Å². The van der Waals surface area contributed by atoms with Crippen LogP contribution in [0.1, 0.15) is 37.1 Å². The number of nitrogens with zero attached hydrogens (tertiary/aromatic N) is 2. The number of rotatable bonds is 7. The van der Waals surface area contributed by atoms with Crippen LogP contribution in [-0.2, 0) is 6.54 Å². The minimum atomic E-state index is 0.411. The molecule has 5 nitrogen and oxygen atoms in total. The summed E-state index contributed by atoms with van der Waals surface area (Å²) in [5.41, 5.74) is 1.37. The third-order valence-electron chi connectivity index (χ3n) is 3.50. The van der Waals surface area contributed by atoms with Crippen molar-refractivity contribution < 1.29 is 4.42 Å². The number of aromatic nitrogens is 2. The van der Waals surface area contributed by atoms with Crippen molar-refractivity contribution in [2.75, 3.05) is 11.9 Å².